The predicted octanol–water partition coefficient (Wildman–Crippen LogP) is 3.75. The Morgan fingerprint density at radius 1 is 1.35 bits per heavy atom. The number of rotatable bonds is 5. The first-order chi connectivity index (χ1) is 8.08. The maximum absolute atomic E-state index is 11.4. The maximum atomic E-state index is 11.4. The number of carbonyl (C=O) groups is 1. The molecule has 0 saturated carbocycles. The van der Waals surface area contributed by atoms with E-state index in [2.05, 4.69) is 39.0 Å². The Kier molecular flexibility index (Phi) is 5.20. The fraction of sp³-hybridized carbons (Fsp3) is 0.533. The lowest BCUT2D eigenvalue weighted by atomic mass is 9.88. The average Bonchev–Trinajstić information content (AvgIpc) is 2.28. The summed E-state index contributed by atoms with van der Waals surface area (Å²) in [5.74, 6) is 0.163. The van der Waals surface area contributed by atoms with Crippen molar-refractivity contribution in [3.05, 3.63) is 34.9 Å². The summed E-state index contributed by atoms with van der Waals surface area (Å²) in [6.45, 7) is 6.35. The van der Waals surface area contributed by atoms with Crippen molar-refractivity contribution < 1.29 is 9.53 Å². The summed E-state index contributed by atoms with van der Waals surface area (Å²) in [5.41, 5.74) is 3.81. The molecule has 0 bridgehead atoms. The second-order valence-corrected chi connectivity index (χ2v) is 4.63. The highest BCUT2D eigenvalue weighted by Crippen LogP contribution is 2.28. The summed E-state index contributed by atoms with van der Waals surface area (Å²) >= 11 is 0. The minimum absolute atomic E-state index is 0.122. The van der Waals surface area contributed by atoms with Crippen LogP contribution in [0.4, 0.5) is 0 Å². The van der Waals surface area contributed by atoms with Crippen LogP contribution in [0.2, 0.25) is 0 Å². The lowest BCUT2D eigenvalue weighted by molar-refractivity contribution is -0.141. The van der Waals surface area contributed by atoms with E-state index in [-0.39, 0.29) is 11.9 Å². The highest BCUT2D eigenvalue weighted by molar-refractivity contribution is 5.70. The molecular formula is C15H22O2. The zero-order chi connectivity index (χ0) is 12.8. The Labute approximate surface area is 104 Å². The zero-order valence-corrected chi connectivity index (χ0v) is 11.2. The van der Waals surface area contributed by atoms with Crippen LogP contribution in [0.1, 0.15) is 48.8 Å². The van der Waals surface area contributed by atoms with E-state index in [4.69, 9.17) is 4.74 Å². The van der Waals surface area contributed by atoms with Gasteiger partial charge in [0.2, 0.25) is 0 Å². The van der Waals surface area contributed by atoms with Crippen LogP contribution in [0, 0.1) is 13.8 Å². The molecule has 1 aromatic carbocycles. The van der Waals surface area contributed by atoms with Crippen LogP contribution in [0.3, 0.4) is 0 Å². The summed E-state index contributed by atoms with van der Waals surface area (Å²) in [5, 5.41) is 0. The van der Waals surface area contributed by atoms with Gasteiger partial charge in [-0.15, -0.1) is 0 Å². The van der Waals surface area contributed by atoms with Crippen molar-refractivity contribution in [2.45, 2.75) is 46.0 Å². The number of methoxy groups -OCH3 is 1. The number of hydrogen-bond donors (Lipinski definition) is 0. The van der Waals surface area contributed by atoms with Gasteiger partial charge in [0.15, 0.2) is 0 Å². The predicted molar refractivity (Wildman–Crippen MR) is 70.2 cm³/mol. The van der Waals surface area contributed by atoms with E-state index in [1.165, 1.54) is 23.8 Å². The Hall–Kier alpha value is -1.31. The van der Waals surface area contributed by atoms with E-state index in [9.17, 15) is 4.79 Å². The van der Waals surface area contributed by atoms with E-state index in [1.54, 1.807) is 0 Å². The molecule has 0 aliphatic rings. The topological polar surface area (TPSA) is 26.3 Å². The number of aryl methyl sites for hydroxylation is 2. The fourth-order valence-electron chi connectivity index (χ4n) is 2.28. The van der Waals surface area contributed by atoms with Gasteiger partial charge >= 0.3 is 5.97 Å². The molecule has 0 aromatic heterocycles. The van der Waals surface area contributed by atoms with Crippen molar-refractivity contribution in [3.8, 4) is 0 Å². The monoisotopic (exact) mass is 234 g/mol. The SMILES string of the molecule is CCCC(CC(=O)OC)c1ccc(C)cc1C. The van der Waals surface area contributed by atoms with Crippen molar-refractivity contribution in [2.75, 3.05) is 7.11 Å². The molecule has 0 N–H and O–H groups in total. The molecule has 1 atom stereocenters. The highest BCUT2D eigenvalue weighted by atomic mass is 16.5. The molecular weight excluding hydrogens is 212 g/mol. The number of benzene rings is 1. The van der Waals surface area contributed by atoms with Gasteiger partial charge in [-0.05, 0) is 37.3 Å². The highest BCUT2D eigenvalue weighted by Gasteiger charge is 2.17. The standard InChI is InChI=1S/C15H22O2/c1-5-6-13(10-15(16)17-4)14-8-7-11(2)9-12(14)3/h7-9,13H,5-6,10H2,1-4H3. The zero-order valence-electron chi connectivity index (χ0n) is 11.2. The van der Waals surface area contributed by atoms with E-state index < -0.39 is 0 Å². The Bertz CT molecular complexity index is 383. The number of esters is 1. The Morgan fingerprint density at radius 3 is 2.59 bits per heavy atom. The fourth-order valence-corrected chi connectivity index (χ4v) is 2.28. The first-order valence-corrected chi connectivity index (χ1v) is 6.22. The van der Waals surface area contributed by atoms with E-state index in [0.717, 1.165) is 12.8 Å². The van der Waals surface area contributed by atoms with Gasteiger partial charge in [-0.2, -0.15) is 0 Å². The molecule has 1 unspecified atom stereocenters. The third-order valence-electron chi connectivity index (χ3n) is 3.14. The van der Waals surface area contributed by atoms with Crippen molar-refractivity contribution in [1.29, 1.82) is 0 Å². The molecule has 0 radical (unpaired) electrons. The first-order valence-electron chi connectivity index (χ1n) is 6.22. The van der Waals surface area contributed by atoms with Crippen LogP contribution in [0.25, 0.3) is 0 Å². The largest absolute Gasteiger partial charge is 0.469 e. The molecule has 0 spiro atoms. The molecule has 0 saturated heterocycles. The number of hydrogen-bond acceptors (Lipinski definition) is 2. The number of carbonyl (C=O) groups excluding carboxylic acids is 1. The number of ether oxygens (including phenoxy) is 1. The molecule has 2 nitrogen and oxygen atoms in total. The molecule has 0 fully saturated rings. The third kappa shape index (κ3) is 3.88. The van der Waals surface area contributed by atoms with Gasteiger partial charge in [0.1, 0.15) is 0 Å². The molecule has 0 heterocycles. The molecule has 1 rings (SSSR count). The second-order valence-electron chi connectivity index (χ2n) is 4.63. The first kappa shape index (κ1) is 13.8. The molecule has 0 aliphatic carbocycles. The molecule has 94 valence electrons. The molecule has 0 amide bonds. The van der Waals surface area contributed by atoms with Crippen molar-refractivity contribution in [2.24, 2.45) is 0 Å². The Morgan fingerprint density at radius 2 is 2.06 bits per heavy atom. The van der Waals surface area contributed by atoms with E-state index >= 15 is 0 Å². The van der Waals surface area contributed by atoms with Gasteiger partial charge in [0, 0.05) is 0 Å². The summed E-state index contributed by atoms with van der Waals surface area (Å²) < 4.78 is 4.77. The maximum Gasteiger partial charge on any atom is 0.306 e. The van der Waals surface area contributed by atoms with E-state index in [0.29, 0.717) is 6.42 Å². The average molecular weight is 234 g/mol. The summed E-state index contributed by atoms with van der Waals surface area (Å²) in [4.78, 5) is 11.4. The quantitative estimate of drug-likeness (QED) is 0.725. The minimum atomic E-state index is -0.122. The normalized spacial score (nSPS) is 12.2. The van der Waals surface area contributed by atoms with Gasteiger partial charge in [0.25, 0.3) is 0 Å². The third-order valence-corrected chi connectivity index (χ3v) is 3.14. The Balaban J connectivity index is 2.92. The minimum Gasteiger partial charge on any atom is -0.469 e. The van der Waals surface area contributed by atoms with Crippen LogP contribution < -0.4 is 0 Å². The van der Waals surface area contributed by atoms with Crippen LogP contribution in [0.5, 0.6) is 0 Å². The van der Waals surface area contributed by atoms with Gasteiger partial charge in [0.05, 0.1) is 13.5 Å². The summed E-state index contributed by atoms with van der Waals surface area (Å²) in [6.07, 6.45) is 2.59. The van der Waals surface area contributed by atoms with Crippen molar-refractivity contribution in [3.63, 3.8) is 0 Å². The summed E-state index contributed by atoms with van der Waals surface area (Å²) in [7, 11) is 1.45. The molecule has 0 aliphatic heterocycles. The lowest BCUT2D eigenvalue weighted by Gasteiger charge is -2.18. The smallest absolute Gasteiger partial charge is 0.306 e. The second kappa shape index (κ2) is 6.43. The molecule has 1 aromatic rings. The van der Waals surface area contributed by atoms with Gasteiger partial charge in [-0.3, -0.25) is 4.79 Å². The van der Waals surface area contributed by atoms with Crippen LogP contribution in [0.15, 0.2) is 18.2 Å². The van der Waals surface area contributed by atoms with Crippen molar-refractivity contribution in [1.82, 2.24) is 0 Å². The van der Waals surface area contributed by atoms with Crippen LogP contribution in [-0.2, 0) is 9.53 Å². The van der Waals surface area contributed by atoms with E-state index in [1.807, 2.05) is 0 Å². The van der Waals surface area contributed by atoms with Gasteiger partial charge < -0.3 is 4.74 Å². The van der Waals surface area contributed by atoms with Gasteiger partial charge in [-0.25, -0.2) is 0 Å². The van der Waals surface area contributed by atoms with Crippen molar-refractivity contribution >= 4 is 5.97 Å². The summed E-state index contributed by atoms with van der Waals surface area (Å²) in [6, 6.07) is 6.44. The van der Waals surface area contributed by atoms with Gasteiger partial charge in [-0.1, -0.05) is 37.1 Å². The molecule has 2 heteroatoms. The van der Waals surface area contributed by atoms with Crippen LogP contribution >= 0.6 is 0 Å². The molecule has 17 heavy (non-hydrogen) atoms. The van der Waals surface area contributed by atoms with Crippen LogP contribution in [-0.4, -0.2) is 13.1 Å². The lowest BCUT2D eigenvalue weighted by Crippen LogP contribution is -2.10.